The summed E-state index contributed by atoms with van der Waals surface area (Å²) in [6, 6.07) is 13.9. The average molecular weight is 405 g/mol. The molecule has 1 saturated heterocycles. The first kappa shape index (κ1) is 20.7. The molecule has 4 nitrogen and oxygen atoms in total. The molecule has 1 heterocycles. The summed E-state index contributed by atoms with van der Waals surface area (Å²) < 4.78 is 5.69. The van der Waals surface area contributed by atoms with E-state index in [0.29, 0.717) is 23.1 Å². The number of allylic oxidation sites excluding steroid dienone is 1. The third kappa shape index (κ3) is 5.48. The molecule has 1 aliphatic rings. The van der Waals surface area contributed by atoms with Crippen LogP contribution in [-0.2, 0) is 17.6 Å². The van der Waals surface area contributed by atoms with Crippen LogP contribution in [0.4, 0.5) is 5.69 Å². The van der Waals surface area contributed by atoms with Gasteiger partial charge >= 0.3 is 0 Å². The van der Waals surface area contributed by atoms with Crippen LogP contribution < -0.4 is 10.1 Å². The van der Waals surface area contributed by atoms with E-state index in [1.54, 1.807) is 6.08 Å². The highest BCUT2D eigenvalue weighted by Crippen LogP contribution is 2.30. The second-order valence-corrected chi connectivity index (χ2v) is 7.49. The van der Waals surface area contributed by atoms with E-state index in [1.165, 1.54) is 17.3 Å². The minimum atomic E-state index is -0.142. The molecule has 5 heteroatoms. The highest BCUT2D eigenvalue weighted by Gasteiger charge is 2.23. The maximum absolute atomic E-state index is 12.4. The van der Waals surface area contributed by atoms with E-state index >= 15 is 0 Å². The molecule has 2 aromatic carbocycles. The number of hydrogen-bond donors (Lipinski definition) is 1. The number of aliphatic imine (C=N–C) groups is 1. The summed E-state index contributed by atoms with van der Waals surface area (Å²) in [5.41, 5.74) is 4.03. The van der Waals surface area contributed by atoms with Crippen LogP contribution in [0.25, 0.3) is 6.08 Å². The normalized spacial score (nSPS) is 16.1. The smallest absolute Gasteiger partial charge is 0.264 e. The number of ether oxygens (including phenoxy) is 1. The van der Waals surface area contributed by atoms with Crippen molar-refractivity contribution in [1.82, 2.24) is 5.32 Å². The quantitative estimate of drug-likeness (QED) is 0.471. The molecule has 3 rings (SSSR count). The van der Waals surface area contributed by atoms with Crippen molar-refractivity contribution in [3.8, 4) is 5.75 Å². The highest BCUT2D eigenvalue weighted by atomic mass is 32.2. The molecule has 148 valence electrons. The van der Waals surface area contributed by atoms with Crippen LogP contribution in [0.2, 0.25) is 0 Å². The standard InChI is InChI=1S/C24H24N2O2S/c1-4-7-19-15-18(10-13-21(19)28-14-5-2)16-22-23(27)26-24(29-22)25-20-11-8-17(6-3)9-12-20/h4-5,8-13,15-16H,1-2,6-7,14H2,3H3,(H,25,26,27)/b22-16-. The first-order valence-electron chi connectivity index (χ1n) is 9.49. The fourth-order valence-electron chi connectivity index (χ4n) is 2.85. The van der Waals surface area contributed by atoms with E-state index < -0.39 is 0 Å². The Morgan fingerprint density at radius 1 is 1.14 bits per heavy atom. The molecule has 0 aliphatic carbocycles. The van der Waals surface area contributed by atoms with Crippen molar-refractivity contribution in [2.75, 3.05) is 6.61 Å². The van der Waals surface area contributed by atoms with Crippen molar-refractivity contribution in [2.24, 2.45) is 4.99 Å². The van der Waals surface area contributed by atoms with Crippen molar-refractivity contribution in [3.63, 3.8) is 0 Å². The van der Waals surface area contributed by atoms with E-state index in [4.69, 9.17) is 4.74 Å². The summed E-state index contributed by atoms with van der Waals surface area (Å²) in [4.78, 5) is 17.5. The van der Waals surface area contributed by atoms with E-state index in [9.17, 15) is 4.79 Å². The molecule has 0 saturated carbocycles. The number of carbonyl (C=O) groups is 1. The number of benzene rings is 2. The minimum Gasteiger partial charge on any atom is -0.489 e. The molecule has 1 amide bonds. The lowest BCUT2D eigenvalue weighted by Crippen LogP contribution is -2.19. The fraction of sp³-hybridized carbons (Fsp3) is 0.167. The molecule has 1 N–H and O–H groups in total. The van der Waals surface area contributed by atoms with Gasteiger partial charge in [-0.3, -0.25) is 4.79 Å². The molecule has 0 bridgehead atoms. The lowest BCUT2D eigenvalue weighted by Gasteiger charge is -2.10. The number of carbonyl (C=O) groups excluding carboxylic acids is 1. The Kier molecular flexibility index (Phi) is 7.09. The maximum atomic E-state index is 12.4. The Bertz CT molecular complexity index is 975. The van der Waals surface area contributed by atoms with Gasteiger partial charge in [-0.05, 0) is 71.6 Å². The number of nitrogens with zero attached hydrogens (tertiary/aromatic N) is 1. The molecule has 1 aliphatic heterocycles. The number of nitrogens with one attached hydrogen (secondary N) is 1. The van der Waals surface area contributed by atoms with Gasteiger partial charge in [0.15, 0.2) is 5.17 Å². The largest absolute Gasteiger partial charge is 0.489 e. The fourth-order valence-corrected chi connectivity index (χ4v) is 3.69. The van der Waals surface area contributed by atoms with Crippen molar-refractivity contribution in [3.05, 3.63) is 89.4 Å². The summed E-state index contributed by atoms with van der Waals surface area (Å²) in [7, 11) is 0. The first-order valence-corrected chi connectivity index (χ1v) is 10.3. The predicted octanol–water partition coefficient (Wildman–Crippen LogP) is 5.43. The molecular weight excluding hydrogens is 380 g/mol. The van der Waals surface area contributed by atoms with Gasteiger partial charge in [-0.15, -0.1) is 6.58 Å². The zero-order chi connectivity index (χ0) is 20.6. The van der Waals surface area contributed by atoms with Crippen LogP contribution in [0.15, 0.2) is 77.7 Å². The summed E-state index contributed by atoms with van der Waals surface area (Å²) >= 11 is 1.34. The Hall–Kier alpha value is -3.05. The molecule has 1 fully saturated rings. The van der Waals surface area contributed by atoms with Gasteiger partial charge in [-0.1, -0.05) is 43.9 Å². The molecule has 2 aromatic rings. The van der Waals surface area contributed by atoms with Gasteiger partial charge in [-0.2, -0.15) is 0 Å². The van der Waals surface area contributed by atoms with Crippen molar-refractivity contribution in [2.45, 2.75) is 19.8 Å². The van der Waals surface area contributed by atoms with Gasteiger partial charge in [-0.25, -0.2) is 4.99 Å². The average Bonchev–Trinajstić information content (AvgIpc) is 3.07. The van der Waals surface area contributed by atoms with E-state index in [0.717, 1.165) is 29.0 Å². The Balaban J connectivity index is 1.79. The zero-order valence-corrected chi connectivity index (χ0v) is 17.3. The second kappa shape index (κ2) is 9.94. The molecule has 0 radical (unpaired) electrons. The number of amidine groups is 1. The van der Waals surface area contributed by atoms with Crippen LogP contribution in [-0.4, -0.2) is 17.7 Å². The summed E-state index contributed by atoms with van der Waals surface area (Å²) in [6.07, 6.45) is 7.08. The number of aryl methyl sites for hydroxylation is 1. The van der Waals surface area contributed by atoms with Crippen LogP contribution in [0, 0.1) is 0 Å². The van der Waals surface area contributed by atoms with E-state index in [2.05, 4.69) is 42.5 Å². The molecule has 29 heavy (non-hydrogen) atoms. The zero-order valence-electron chi connectivity index (χ0n) is 16.5. The highest BCUT2D eigenvalue weighted by molar-refractivity contribution is 8.18. The molecule has 0 spiro atoms. The minimum absolute atomic E-state index is 0.142. The topological polar surface area (TPSA) is 50.7 Å². The molecule has 0 atom stereocenters. The van der Waals surface area contributed by atoms with Crippen LogP contribution >= 0.6 is 11.8 Å². The van der Waals surface area contributed by atoms with Crippen LogP contribution in [0.5, 0.6) is 5.75 Å². The molecular formula is C24H24N2O2S. The van der Waals surface area contributed by atoms with Crippen molar-refractivity contribution >= 4 is 34.6 Å². The third-order valence-electron chi connectivity index (χ3n) is 4.33. The number of thioether (sulfide) groups is 1. The number of hydrogen-bond acceptors (Lipinski definition) is 4. The van der Waals surface area contributed by atoms with Gasteiger partial charge in [0.05, 0.1) is 10.6 Å². The van der Waals surface area contributed by atoms with Crippen LogP contribution in [0.3, 0.4) is 0 Å². The van der Waals surface area contributed by atoms with Gasteiger partial charge in [0.1, 0.15) is 12.4 Å². The van der Waals surface area contributed by atoms with E-state index in [-0.39, 0.29) is 5.91 Å². The lowest BCUT2D eigenvalue weighted by atomic mass is 10.1. The maximum Gasteiger partial charge on any atom is 0.264 e. The van der Waals surface area contributed by atoms with Crippen LogP contribution in [0.1, 0.15) is 23.6 Å². The first-order chi connectivity index (χ1) is 14.1. The van der Waals surface area contributed by atoms with Gasteiger partial charge in [0.2, 0.25) is 0 Å². The lowest BCUT2D eigenvalue weighted by molar-refractivity contribution is -0.115. The number of amides is 1. The molecule has 0 unspecified atom stereocenters. The van der Waals surface area contributed by atoms with Gasteiger partial charge in [0.25, 0.3) is 5.91 Å². The summed E-state index contributed by atoms with van der Waals surface area (Å²) in [6.45, 7) is 10.0. The van der Waals surface area contributed by atoms with Gasteiger partial charge in [0, 0.05) is 0 Å². The third-order valence-corrected chi connectivity index (χ3v) is 5.24. The second-order valence-electron chi connectivity index (χ2n) is 6.46. The van der Waals surface area contributed by atoms with Crippen molar-refractivity contribution < 1.29 is 9.53 Å². The number of rotatable bonds is 8. The Labute approximate surface area is 176 Å². The van der Waals surface area contributed by atoms with Crippen molar-refractivity contribution in [1.29, 1.82) is 0 Å². The molecule has 0 aromatic heterocycles. The van der Waals surface area contributed by atoms with Gasteiger partial charge < -0.3 is 10.1 Å². The summed E-state index contributed by atoms with van der Waals surface area (Å²) in [5, 5.41) is 3.42. The Morgan fingerprint density at radius 2 is 1.93 bits per heavy atom. The SMILES string of the molecule is C=CCOc1ccc(/C=C2\SC(=Nc3ccc(CC)cc3)NC2=O)cc1CC=C. The predicted molar refractivity (Wildman–Crippen MR) is 123 cm³/mol. The summed E-state index contributed by atoms with van der Waals surface area (Å²) in [5.74, 6) is 0.657. The monoisotopic (exact) mass is 404 g/mol. The Morgan fingerprint density at radius 3 is 2.62 bits per heavy atom. The van der Waals surface area contributed by atoms with E-state index in [1.807, 2.05) is 42.5 Å².